The minimum absolute atomic E-state index is 0.0585. The Bertz CT molecular complexity index is 2870. The van der Waals surface area contributed by atoms with Crippen molar-refractivity contribution in [1.82, 2.24) is 16.0 Å². The summed E-state index contributed by atoms with van der Waals surface area (Å²) in [4.78, 5) is 53.1. The largest absolute Gasteiger partial charge is 0.382 e. The van der Waals surface area contributed by atoms with Gasteiger partial charge in [0.25, 0.3) is 5.91 Å². The van der Waals surface area contributed by atoms with Crippen LogP contribution in [0, 0.1) is 5.92 Å². The van der Waals surface area contributed by atoms with E-state index >= 15 is 0 Å². The highest BCUT2D eigenvalue weighted by molar-refractivity contribution is 5.99. The van der Waals surface area contributed by atoms with Crippen molar-refractivity contribution in [3.63, 3.8) is 0 Å². The van der Waals surface area contributed by atoms with Crippen molar-refractivity contribution in [2.45, 2.75) is 162 Å². The molecule has 0 fully saturated rings. The summed E-state index contributed by atoms with van der Waals surface area (Å²) in [5.41, 5.74) is 14.3. The topological polar surface area (TPSA) is 160 Å². The van der Waals surface area contributed by atoms with Crippen LogP contribution in [0.2, 0.25) is 0 Å². The van der Waals surface area contributed by atoms with Crippen molar-refractivity contribution in [1.29, 1.82) is 0 Å². The van der Waals surface area contributed by atoms with Crippen molar-refractivity contribution < 1.29 is 47.6 Å². The molecule has 13 nitrogen and oxygen atoms in total. The predicted octanol–water partition coefficient (Wildman–Crippen LogP) is 13.4. The fourth-order valence-electron chi connectivity index (χ4n) is 11.5. The average Bonchev–Trinajstić information content (AvgIpc) is 0.823. The first-order valence-corrected chi connectivity index (χ1v) is 31.7. The molecule has 0 saturated heterocycles. The SMILES string of the molecule is COCCOCCOCCC(=O)NCCCOCCOCCOCCCNC(=O)[C@@H](CCCCNC(=O)c1ccc(/C=C(\C)c2ccc3c(c2)C(C)(C)CCC3(C)C)cc1)CC(=O)c1ccc(/C=C(\C)c2ccc3c(c2)C(C)(C)CCC3(C)C)cc1. The van der Waals surface area contributed by atoms with Crippen molar-refractivity contribution in [2.24, 2.45) is 5.92 Å². The molecule has 13 heteroatoms. The second kappa shape index (κ2) is 34.1. The number of nitrogens with one attached hydrogen (secondary N) is 3. The molecular formula is C73H103N3O10. The summed E-state index contributed by atoms with van der Waals surface area (Å²) >= 11 is 0. The van der Waals surface area contributed by atoms with Crippen LogP contribution in [0.5, 0.6) is 0 Å². The number of rotatable bonds is 37. The molecule has 2 aliphatic rings. The molecule has 470 valence electrons. The quantitative estimate of drug-likeness (QED) is 0.0225. The molecule has 0 unspecified atom stereocenters. The zero-order valence-electron chi connectivity index (χ0n) is 54.1. The van der Waals surface area contributed by atoms with E-state index in [1.54, 1.807) is 7.11 Å². The first kappa shape index (κ1) is 69.3. The van der Waals surface area contributed by atoms with Gasteiger partial charge in [-0.2, -0.15) is 0 Å². The Morgan fingerprint density at radius 2 is 0.860 bits per heavy atom. The molecule has 86 heavy (non-hydrogen) atoms. The number of carbonyl (C=O) groups excluding carboxylic acids is 4. The van der Waals surface area contributed by atoms with Gasteiger partial charge in [0.15, 0.2) is 5.78 Å². The number of ketones is 1. The van der Waals surface area contributed by atoms with E-state index in [1.807, 2.05) is 48.5 Å². The monoisotopic (exact) mass is 1180 g/mol. The van der Waals surface area contributed by atoms with E-state index in [-0.39, 0.29) is 51.6 Å². The maximum absolute atomic E-state index is 13.9. The Morgan fingerprint density at radius 3 is 1.35 bits per heavy atom. The van der Waals surface area contributed by atoms with Gasteiger partial charge in [0.05, 0.1) is 59.5 Å². The number of benzene rings is 4. The van der Waals surface area contributed by atoms with E-state index in [1.165, 1.54) is 58.2 Å². The summed E-state index contributed by atoms with van der Waals surface area (Å²) in [5, 5.41) is 9.01. The minimum atomic E-state index is -0.537. The van der Waals surface area contributed by atoms with Gasteiger partial charge < -0.3 is 44.4 Å². The van der Waals surface area contributed by atoms with Gasteiger partial charge >= 0.3 is 0 Å². The lowest BCUT2D eigenvalue weighted by Gasteiger charge is -2.42. The molecular weight excluding hydrogens is 1080 g/mol. The number of fused-ring (bicyclic) bond motifs is 2. The number of hydrogen-bond acceptors (Lipinski definition) is 10. The minimum Gasteiger partial charge on any atom is -0.382 e. The number of Topliss-reactive ketones (excluding diaryl/α,β-unsaturated/α-hetero) is 1. The molecule has 0 aliphatic heterocycles. The van der Waals surface area contributed by atoms with Crippen molar-refractivity contribution in [3.05, 3.63) is 141 Å². The molecule has 0 radical (unpaired) electrons. The number of allylic oxidation sites excluding steroid dienone is 2. The lowest BCUT2D eigenvalue weighted by atomic mass is 9.63. The van der Waals surface area contributed by atoms with Crippen LogP contribution in [0.15, 0.2) is 84.9 Å². The second-order valence-corrected chi connectivity index (χ2v) is 26.2. The van der Waals surface area contributed by atoms with Crippen molar-refractivity contribution >= 4 is 46.8 Å². The van der Waals surface area contributed by atoms with E-state index < -0.39 is 5.92 Å². The normalized spacial score (nSPS) is 16.2. The number of unbranched alkanes of at least 4 members (excludes halogenated alkanes) is 1. The summed E-state index contributed by atoms with van der Waals surface area (Å²) < 4.78 is 32.7. The standard InChI is InChI=1S/C73H103N3O10/c1-53(59-25-27-62-64(50-59)72(7,8)32-30-70(62,3)4)48-55-17-21-57(22-18-55)66(77)52-61(69(80)76-36-15-38-83-43-46-86-45-42-82-37-14-35-74-67(78)29-39-84-44-47-85-41-40-81-11)16-12-13-34-75-68(79)58-23-19-56(20-24-58)49-54(2)60-26-28-63-65(51-60)73(9,10)33-31-71(63,5)6/h17-28,48-51,61H,12-16,29-47,52H2,1-11H3,(H,74,78)(H,75,79)(H,76,80)/b53-48+,54-49+/t61-/m0/s1. The van der Waals surface area contributed by atoms with Crippen LogP contribution in [-0.2, 0) is 59.7 Å². The van der Waals surface area contributed by atoms with E-state index in [2.05, 4.69) is 134 Å². The Labute approximate surface area is 515 Å². The molecule has 0 aromatic heterocycles. The number of carbonyl (C=O) groups is 4. The van der Waals surface area contributed by atoms with Crippen LogP contribution in [0.25, 0.3) is 23.3 Å². The van der Waals surface area contributed by atoms with Gasteiger partial charge in [-0.05, 0) is 155 Å². The second-order valence-electron chi connectivity index (χ2n) is 26.2. The van der Waals surface area contributed by atoms with Gasteiger partial charge in [-0.15, -0.1) is 0 Å². The third-order valence-corrected chi connectivity index (χ3v) is 17.4. The van der Waals surface area contributed by atoms with Crippen LogP contribution in [0.3, 0.4) is 0 Å². The molecule has 4 aromatic rings. The molecule has 0 saturated carbocycles. The van der Waals surface area contributed by atoms with E-state index in [4.69, 9.17) is 28.4 Å². The third kappa shape index (κ3) is 21.8. The Balaban J connectivity index is 0.932. The predicted molar refractivity (Wildman–Crippen MR) is 348 cm³/mol. The maximum Gasteiger partial charge on any atom is 0.251 e. The number of methoxy groups -OCH3 is 1. The molecule has 2 aliphatic carbocycles. The lowest BCUT2D eigenvalue weighted by Crippen LogP contribution is -2.33. The maximum atomic E-state index is 13.9. The van der Waals surface area contributed by atoms with E-state index in [0.29, 0.717) is 142 Å². The van der Waals surface area contributed by atoms with Crippen molar-refractivity contribution in [2.75, 3.05) is 99.4 Å². The first-order chi connectivity index (χ1) is 41.1. The first-order valence-electron chi connectivity index (χ1n) is 31.7. The fraction of sp³-hybridized carbons (Fsp3) is 0.562. The van der Waals surface area contributed by atoms with E-state index in [9.17, 15) is 19.2 Å². The Hall–Kier alpha value is -5.80. The van der Waals surface area contributed by atoms with Crippen LogP contribution in [0.1, 0.15) is 205 Å². The summed E-state index contributed by atoms with van der Waals surface area (Å²) in [5.74, 6) is -0.983. The molecule has 3 N–H and O–H groups in total. The average molecular weight is 1180 g/mol. The molecule has 3 amide bonds. The zero-order chi connectivity index (χ0) is 62.2. The number of amides is 3. The van der Waals surface area contributed by atoms with Gasteiger partial charge in [-0.3, -0.25) is 19.2 Å². The van der Waals surface area contributed by atoms with Crippen molar-refractivity contribution in [3.8, 4) is 0 Å². The number of ether oxygens (including phenoxy) is 6. The van der Waals surface area contributed by atoms with Gasteiger partial charge in [-0.25, -0.2) is 0 Å². The van der Waals surface area contributed by atoms with Crippen LogP contribution >= 0.6 is 0 Å². The third-order valence-electron chi connectivity index (χ3n) is 17.4. The van der Waals surface area contributed by atoms with Gasteiger partial charge in [0.2, 0.25) is 11.8 Å². The highest BCUT2D eigenvalue weighted by atomic mass is 16.5. The molecule has 6 rings (SSSR count). The van der Waals surface area contributed by atoms with Gasteiger partial charge in [-0.1, -0.05) is 147 Å². The Morgan fingerprint density at radius 1 is 0.453 bits per heavy atom. The fourth-order valence-corrected chi connectivity index (χ4v) is 11.5. The summed E-state index contributed by atoms with van der Waals surface area (Å²) in [6.45, 7) is 29.4. The van der Waals surface area contributed by atoms with Crippen LogP contribution in [-0.4, -0.2) is 123 Å². The molecule has 0 heterocycles. The highest BCUT2D eigenvalue weighted by Gasteiger charge is 2.38. The summed E-state index contributed by atoms with van der Waals surface area (Å²) in [7, 11) is 1.62. The smallest absolute Gasteiger partial charge is 0.251 e. The number of hydrogen-bond donors (Lipinski definition) is 3. The van der Waals surface area contributed by atoms with Gasteiger partial charge in [0.1, 0.15) is 0 Å². The highest BCUT2D eigenvalue weighted by Crippen LogP contribution is 2.48. The van der Waals surface area contributed by atoms with E-state index in [0.717, 1.165) is 23.1 Å². The molecule has 0 bridgehead atoms. The molecule has 1 atom stereocenters. The summed E-state index contributed by atoms with van der Waals surface area (Å²) in [6.07, 6.45) is 12.5. The van der Waals surface area contributed by atoms with Gasteiger partial charge in [0, 0.05) is 69.8 Å². The molecule has 4 aromatic carbocycles. The lowest BCUT2D eigenvalue weighted by molar-refractivity contribution is -0.125. The molecule has 0 spiro atoms. The van der Waals surface area contributed by atoms with Crippen LogP contribution in [0.4, 0.5) is 0 Å². The zero-order valence-corrected chi connectivity index (χ0v) is 54.1. The summed E-state index contributed by atoms with van der Waals surface area (Å²) in [6, 6.07) is 29.3. The van der Waals surface area contributed by atoms with Crippen LogP contribution < -0.4 is 16.0 Å². The Kier molecular flexibility index (Phi) is 27.5.